The second-order valence-corrected chi connectivity index (χ2v) is 9.07. The first-order chi connectivity index (χ1) is 10.1. The van der Waals surface area contributed by atoms with Crippen LogP contribution in [0.15, 0.2) is 16.3 Å². The summed E-state index contributed by atoms with van der Waals surface area (Å²) >= 11 is 1.42. The average Bonchev–Trinajstić information content (AvgIpc) is 3.14. The lowest BCUT2D eigenvalue weighted by atomic mass is 10.3. The third-order valence-corrected chi connectivity index (χ3v) is 7.61. The summed E-state index contributed by atoms with van der Waals surface area (Å²) in [5.41, 5.74) is 0. The average molecular weight is 331 g/mol. The number of hydrogen-bond acceptors (Lipinski definition) is 4. The summed E-state index contributed by atoms with van der Waals surface area (Å²) < 4.78 is 27.3. The number of rotatable bonds is 8. The summed E-state index contributed by atoms with van der Waals surface area (Å²) in [5, 5.41) is 3.35. The van der Waals surface area contributed by atoms with Crippen LogP contribution >= 0.6 is 11.3 Å². The van der Waals surface area contributed by atoms with E-state index >= 15 is 0 Å². The van der Waals surface area contributed by atoms with Crippen molar-refractivity contribution in [2.45, 2.75) is 55.7 Å². The maximum absolute atomic E-state index is 12.6. The van der Waals surface area contributed by atoms with Gasteiger partial charge in [0, 0.05) is 18.0 Å². The maximum Gasteiger partial charge on any atom is 0.252 e. The molecule has 0 aromatic carbocycles. The lowest BCUT2D eigenvalue weighted by Gasteiger charge is -2.22. The third kappa shape index (κ3) is 4.28. The Morgan fingerprint density at radius 1 is 1.29 bits per heavy atom. The van der Waals surface area contributed by atoms with E-state index in [0.717, 1.165) is 56.5 Å². The van der Waals surface area contributed by atoms with Crippen LogP contribution in [0.25, 0.3) is 0 Å². The Morgan fingerprint density at radius 3 is 2.67 bits per heavy atom. The molecule has 0 aliphatic heterocycles. The van der Waals surface area contributed by atoms with Gasteiger partial charge in [-0.15, -0.1) is 11.3 Å². The number of sulfonamides is 1. The molecule has 0 amide bonds. The van der Waals surface area contributed by atoms with Crippen molar-refractivity contribution in [1.82, 2.24) is 9.62 Å². The van der Waals surface area contributed by atoms with Crippen LogP contribution in [0.3, 0.4) is 0 Å². The second-order valence-electron chi connectivity index (χ2n) is 5.68. The lowest BCUT2D eigenvalue weighted by molar-refractivity contribution is 0.374. The first-order valence-electron chi connectivity index (χ1n) is 7.83. The van der Waals surface area contributed by atoms with E-state index in [4.69, 9.17) is 0 Å². The fourth-order valence-corrected chi connectivity index (χ4v) is 5.71. The molecule has 1 aromatic heterocycles. The van der Waals surface area contributed by atoms with E-state index in [2.05, 4.69) is 12.2 Å². The largest absolute Gasteiger partial charge is 0.316 e. The van der Waals surface area contributed by atoms with Gasteiger partial charge in [-0.2, -0.15) is 4.31 Å². The molecule has 1 saturated carbocycles. The molecule has 2 rings (SSSR count). The molecule has 1 aromatic rings. The van der Waals surface area contributed by atoms with Crippen LogP contribution in [-0.4, -0.2) is 38.9 Å². The number of nitrogens with zero attached hydrogens (tertiary/aromatic N) is 1. The molecule has 0 atom stereocenters. The number of nitrogens with one attached hydrogen (secondary N) is 1. The Hall–Kier alpha value is -0.430. The molecule has 1 heterocycles. The van der Waals surface area contributed by atoms with Gasteiger partial charge >= 0.3 is 0 Å². The van der Waals surface area contributed by atoms with Gasteiger partial charge in [-0.3, -0.25) is 0 Å². The van der Waals surface area contributed by atoms with Crippen LogP contribution in [0.2, 0.25) is 0 Å². The maximum atomic E-state index is 12.6. The van der Waals surface area contributed by atoms with Gasteiger partial charge in [-0.1, -0.05) is 19.8 Å². The van der Waals surface area contributed by atoms with E-state index in [1.54, 1.807) is 17.4 Å². The molecule has 0 spiro atoms. The minimum Gasteiger partial charge on any atom is -0.316 e. The highest BCUT2D eigenvalue weighted by Gasteiger charge is 2.30. The first-order valence-corrected chi connectivity index (χ1v) is 10.1. The summed E-state index contributed by atoms with van der Waals surface area (Å²) in [7, 11) is -1.58. The third-order valence-electron chi connectivity index (χ3n) is 4.08. The zero-order chi connectivity index (χ0) is 15.3. The monoisotopic (exact) mass is 330 g/mol. The van der Waals surface area contributed by atoms with Gasteiger partial charge in [0.2, 0.25) is 0 Å². The van der Waals surface area contributed by atoms with Gasteiger partial charge in [-0.05, 0) is 50.9 Å². The Labute approximate surface area is 132 Å². The first kappa shape index (κ1) is 16.9. The van der Waals surface area contributed by atoms with E-state index in [1.165, 1.54) is 11.3 Å². The molecule has 1 aliphatic carbocycles. The van der Waals surface area contributed by atoms with Crippen LogP contribution in [-0.2, 0) is 16.4 Å². The van der Waals surface area contributed by atoms with Crippen LogP contribution in [0.1, 0.15) is 43.9 Å². The molecule has 1 N–H and O–H groups in total. The minimum absolute atomic E-state index is 0.187. The van der Waals surface area contributed by atoms with Crippen molar-refractivity contribution < 1.29 is 8.42 Å². The van der Waals surface area contributed by atoms with Gasteiger partial charge in [0.15, 0.2) is 0 Å². The molecule has 0 unspecified atom stereocenters. The predicted molar refractivity (Wildman–Crippen MR) is 88.4 cm³/mol. The summed E-state index contributed by atoms with van der Waals surface area (Å²) in [6.07, 6.45) is 6.29. The second kappa shape index (κ2) is 7.72. The van der Waals surface area contributed by atoms with Crippen molar-refractivity contribution >= 4 is 21.4 Å². The van der Waals surface area contributed by atoms with Gasteiger partial charge in [0.25, 0.3) is 10.0 Å². The SMILES string of the molecule is CCCNCCc1ccc(S(=O)(=O)N(C)C2CCCC2)s1. The molecule has 1 aliphatic rings. The molecule has 6 heteroatoms. The molecule has 21 heavy (non-hydrogen) atoms. The van der Waals surface area contributed by atoms with E-state index in [0.29, 0.717) is 4.21 Å². The van der Waals surface area contributed by atoms with Crippen molar-refractivity contribution in [3.8, 4) is 0 Å². The summed E-state index contributed by atoms with van der Waals surface area (Å²) in [5.74, 6) is 0. The zero-order valence-electron chi connectivity index (χ0n) is 13.0. The van der Waals surface area contributed by atoms with Crippen LogP contribution < -0.4 is 5.32 Å². The quantitative estimate of drug-likeness (QED) is 0.746. The minimum atomic E-state index is -3.31. The van der Waals surface area contributed by atoms with Crippen molar-refractivity contribution in [2.24, 2.45) is 0 Å². The lowest BCUT2D eigenvalue weighted by Crippen LogP contribution is -2.34. The highest BCUT2D eigenvalue weighted by Crippen LogP contribution is 2.30. The molecule has 0 bridgehead atoms. The van der Waals surface area contributed by atoms with Gasteiger partial charge in [0.05, 0.1) is 0 Å². The molecule has 0 saturated heterocycles. The summed E-state index contributed by atoms with van der Waals surface area (Å²) in [4.78, 5) is 1.14. The fraction of sp³-hybridized carbons (Fsp3) is 0.733. The normalized spacial score (nSPS) is 16.9. The Kier molecular flexibility index (Phi) is 6.22. The fourth-order valence-electron chi connectivity index (χ4n) is 2.75. The van der Waals surface area contributed by atoms with Gasteiger partial charge < -0.3 is 5.32 Å². The van der Waals surface area contributed by atoms with E-state index in [-0.39, 0.29) is 6.04 Å². The van der Waals surface area contributed by atoms with Crippen molar-refractivity contribution in [3.05, 3.63) is 17.0 Å². The van der Waals surface area contributed by atoms with Gasteiger partial charge in [0.1, 0.15) is 4.21 Å². The van der Waals surface area contributed by atoms with E-state index < -0.39 is 10.0 Å². The molecule has 0 radical (unpaired) electrons. The molecule has 4 nitrogen and oxygen atoms in total. The molecule has 1 fully saturated rings. The smallest absolute Gasteiger partial charge is 0.252 e. The van der Waals surface area contributed by atoms with E-state index in [9.17, 15) is 8.42 Å². The Morgan fingerprint density at radius 2 is 2.00 bits per heavy atom. The van der Waals surface area contributed by atoms with Crippen molar-refractivity contribution in [1.29, 1.82) is 0 Å². The number of thiophene rings is 1. The van der Waals surface area contributed by atoms with Crippen LogP contribution in [0.4, 0.5) is 0 Å². The number of hydrogen-bond donors (Lipinski definition) is 1. The topological polar surface area (TPSA) is 49.4 Å². The summed E-state index contributed by atoms with van der Waals surface area (Å²) in [6, 6.07) is 3.90. The van der Waals surface area contributed by atoms with Gasteiger partial charge in [-0.25, -0.2) is 8.42 Å². The van der Waals surface area contributed by atoms with Crippen LogP contribution in [0, 0.1) is 0 Å². The molecular formula is C15H26N2O2S2. The zero-order valence-corrected chi connectivity index (χ0v) is 14.6. The predicted octanol–water partition coefficient (Wildman–Crippen LogP) is 2.85. The summed E-state index contributed by atoms with van der Waals surface area (Å²) in [6.45, 7) is 4.06. The standard InChI is InChI=1S/C15H26N2O2S2/c1-3-11-16-12-10-14-8-9-15(20-14)21(18,19)17(2)13-6-4-5-7-13/h8-9,13,16H,3-7,10-12H2,1-2H3. The van der Waals surface area contributed by atoms with Crippen molar-refractivity contribution in [3.63, 3.8) is 0 Å². The van der Waals surface area contributed by atoms with E-state index in [1.807, 2.05) is 6.07 Å². The Balaban J connectivity index is 1.98. The highest BCUT2D eigenvalue weighted by atomic mass is 32.2. The van der Waals surface area contributed by atoms with Crippen molar-refractivity contribution in [2.75, 3.05) is 20.1 Å². The molecular weight excluding hydrogens is 304 g/mol. The van der Waals surface area contributed by atoms with Crippen LogP contribution in [0.5, 0.6) is 0 Å². The Bertz CT molecular complexity index is 534. The molecule has 120 valence electrons. The highest BCUT2D eigenvalue weighted by molar-refractivity contribution is 7.91.